The predicted octanol–water partition coefficient (Wildman–Crippen LogP) is 6.80. The molecule has 1 unspecified atom stereocenters. The fourth-order valence-corrected chi connectivity index (χ4v) is 11.1. The van der Waals surface area contributed by atoms with E-state index in [0.29, 0.717) is 17.1 Å². The summed E-state index contributed by atoms with van der Waals surface area (Å²) in [6.07, 6.45) is 4.34. The van der Waals surface area contributed by atoms with Crippen LogP contribution in [0.1, 0.15) is 49.8 Å². The van der Waals surface area contributed by atoms with Crippen molar-refractivity contribution in [3.8, 4) is 0 Å². The molecule has 0 aromatic heterocycles. The van der Waals surface area contributed by atoms with Crippen molar-refractivity contribution in [1.82, 2.24) is 0 Å². The van der Waals surface area contributed by atoms with Crippen LogP contribution in [-0.4, -0.2) is 36.1 Å². The molecule has 1 spiro atoms. The molecule has 4 nitrogen and oxygen atoms in total. The van der Waals surface area contributed by atoms with Crippen LogP contribution in [-0.2, 0) is 5.54 Å². The Morgan fingerprint density at radius 1 is 0.816 bits per heavy atom. The van der Waals surface area contributed by atoms with Gasteiger partial charge in [0, 0.05) is 30.2 Å². The van der Waals surface area contributed by atoms with Crippen LogP contribution in [0.4, 0.5) is 31.5 Å². The van der Waals surface area contributed by atoms with E-state index in [0.717, 1.165) is 48.6 Å². The molecule has 3 heterocycles. The van der Waals surface area contributed by atoms with Crippen molar-refractivity contribution in [2.75, 3.05) is 57.4 Å². The summed E-state index contributed by atoms with van der Waals surface area (Å²) in [5.41, 5.74) is 15.8. The van der Waals surface area contributed by atoms with E-state index < -0.39 is 27.2 Å². The van der Waals surface area contributed by atoms with E-state index in [2.05, 4.69) is 11.8 Å². The van der Waals surface area contributed by atoms with Crippen LogP contribution in [0.2, 0.25) is 0 Å². The lowest BCUT2D eigenvalue weighted by Crippen LogP contribution is -2.41. The van der Waals surface area contributed by atoms with E-state index in [9.17, 15) is 0 Å². The number of nitrogens with two attached hydrogens (primary N) is 2. The van der Waals surface area contributed by atoms with Crippen LogP contribution in [0.15, 0.2) is 60.7 Å². The highest BCUT2D eigenvalue weighted by Crippen LogP contribution is 2.56. The van der Waals surface area contributed by atoms with E-state index in [1.54, 1.807) is 12.1 Å². The van der Waals surface area contributed by atoms with Gasteiger partial charge in [-0.25, -0.2) is 18.8 Å². The number of hydrogen-bond donors (Lipinski definition) is 2. The van der Waals surface area contributed by atoms with E-state index in [-0.39, 0.29) is 11.7 Å². The molecular formula is C31H38F2N4S. The second-order valence-electron chi connectivity index (χ2n) is 11.5. The summed E-state index contributed by atoms with van der Waals surface area (Å²) in [4.78, 5) is 4.15. The Labute approximate surface area is 226 Å². The van der Waals surface area contributed by atoms with Crippen molar-refractivity contribution in [2.24, 2.45) is 0 Å². The highest BCUT2D eigenvalue weighted by molar-refractivity contribution is 8.34. The number of hydrogen-bond acceptors (Lipinski definition) is 4. The molecule has 3 aliphatic heterocycles. The third-order valence-electron chi connectivity index (χ3n) is 9.19. The number of nitrogen functional groups attached to an aromatic ring is 2. The second-order valence-corrected chi connectivity index (χ2v) is 15.6. The maximum Gasteiger partial charge on any atom is 0.151 e. The van der Waals surface area contributed by atoms with E-state index >= 15 is 8.78 Å². The maximum absolute atomic E-state index is 15.9. The summed E-state index contributed by atoms with van der Waals surface area (Å²) in [7, 11) is -0.553. The summed E-state index contributed by atoms with van der Waals surface area (Å²) in [5, 5.41) is 0. The monoisotopic (exact) mass is 536 g/mol. The molecule has 38 heavy (non-hydrogen) atoms. The van der Waals surface area contributed by atoms with Crippen LogP contribution in [0.25, 0.3) is 0 Å². The quantitative estimate of drug-likeness (QED) is 0.360. The molecule has 4 N–H and O–H groups in total. The molecule has 6 rings (SSSR count). The van der Waals surface area contributed by atoms with Gasteiger partial charge in [0.15, 0.2) is 11.6 Å². The molecule has 7 heteroatoms. The minimum absolute atomic E-state index is 0.0383. The number of rotatable bonds is 4. The first-order valence-corrected chi connectivity index (χ1v) is 16.1. The van der Waals surface area contributed by atoms with Gasteiger partial charge in [-0.3, -0.25) is 0 Å². The van der Waals surface area contributed by atoms with E-state index in [1.807, 2.05) is 53.4 Å². The SMILES string of the molecule is CC1(c2ccc(N)cc2)CC[C@@H](c2ccc(N)cc2)N1c1cc(F)c(N2CCS3(CCCC3)CC2)c(F)c1. The lowest BCUT2D eigenvalue weighted by atomic mass is 9.88. The molecule has 3 aromatic carbocycles. The lowest BCUT2D eigenvalue weighted by molar-refractivity contribution is 0.478. The van der Waals surface area contributed by atoms with Crippen LogP contribution >= 0.6 is 10.0 Å². The van der Waals surface area contributed by atoms with Crippen LogP contribution in [0.5, 0.6) is 0 Å². The van der Waals surface area contributed by atoms with Crippen molar-refractivity contribution in [3.63, 3.8) is 0 Å². The van der Waals surface area contributed by atoms with Gasteiger partial charge in [0.25, 0.3) is 0 Å². The summed E-state index contributed by atoms with van der Waals surface area (Å²) in [6, 6.07) is 18.8. The van der Waals surface area contributed by atoms with Gasteiger partial charge >= 0.3 is 0 Å². The molecule has 0 amide bonds. The Bertz CT molecular complexity index is 1270. The zero-order chi connectivity index (χ0) is 26.5. The average molecular weight is 537 g/mol. The Hall–Kier alpha value is -2.93. The van der Waals surface area contributed by atoms with Crippen LogP contribution in [0.3, 0.4) is 0 Å². The number of benzene rings is 3. The van der Waals surface area contributed by atoms with Gasteiger partial charge in [-0.05, 0) is 103 Å². The summed E-state index contributed by atoms with van der Waals surface area (Å²) in [5.74, 6) is 3.95. The van der Waals surface area contributed by atoms with Crippen molar-refractivity contribution in [3.05, 3.63) is 83.4 Å². The molecule has 202 valence electrons. The molecule has 3 aromatic rings. The van der Waals surface area contributed by atoms with Crippen molar-refractivity contribution >= 4 is 32.8 Å². The summed E-state index contributed by atoms with van der Waals surface area (Å²) >= 11 is 0. The highest BCUT2D eigenvalue weighted by atomic mass is 32.3. The number of anilines is 4. The molecule has 0 aliphatic carbocycles. The minimum Gasteiger partial charge on any atom is -0.399 e. The largest absolute Gasteiger partial charge is 0.399 e. The fourth-order valence-electron chi connectivity index (χ4n) is 7.00. The minimum atomic E-state index is -0.553. The molecule has 0 saturated carbocycles. The van der Waals surface area contributed by atoms with Crippen molar-refractivity contribution < 1.29 is 8.78 Å². The first-order valence-electron chi connectivity index (χ1n) is 13.8. The zero-order valence-corrected chi connectivity index (χ0v) is 23.0. The Morgan fingerprint density at radius 2 is 1.37 bits per heavy atom. The lowest BCUT2D eigenvalue weighted by Gasteiger charge is -2.45. The number of nitrogens with zero attached hydrogens (tertiary/aromatic N) is 2. The molecule has 2 atom stereocenters. The number of halogens is 2. The molecule has 3 aliphatic rings. The van der Waals surface area contributed by atoms with Crippen LogP contribution in [0, 0.1) is 11.6 Å². The third-order valence-corrected chi connectivity index (χ3v) is 13.6. The molecule has 0 bridgehead atoms. The van der Waals surface area contributed by atoms with Gasteiger partial charge in [-0.1, -0.05) is 24.3 Å². The van der Waals surface area contributed by atoms with Crippen LogP contribution < -0.4 is 21.3 Å². The smallest absolute Gasteiger partial charge is 0.151 e. The summed E-state index contributed by atoms with van der Waals surface area (Å²) < 4.78 is 31.7. The molecule has 3 saturated heterocycles. The normalized spacial score (nSPS) is 25.7. The predicted molar refractivity (Wildman–Crippen MR) is 158 cm³/mol. The Kier molecular flexibility index (Phi) is 6.45. The standard InChI is InChI=1S/C31H38F2N4S/c1-31(23-6-10-25(35)11-7-23)13-12-29(22-4-8-24(34)9-5-22)37(31)26-20-27(32)30(28(33)21-26)36-14-18-38(19-15-36)16-2-3-17-38/h4-11,20-21,29H,2-3,12-19,34-35H2,1H3/t29-,31?/m0/s1. The topological polar surface area (TPSA) is 58.5 Å². The average Bonchev–Trinajstić information content (AvgIpc) is 3.50. The van der Waals surface area contributed by atoms with E-state index in [4.69, 9.17) is 11.5 Å². The Balaban J connectivity index is 1.37. The first kappa shape index (κ1) is 25.4. The zero-order valence-electron chi connectivity index (χ0n) is 22.1. The van der Waals surface area contributed by atoms with Gasteiger partial charge < -0.3 is 21.3 Å². The van der Waals surface area contributed by atoms with Crippen molar-refractivity contribution in [1.29, 1.82) is 0 Å². The van der Waals surface area contributed by atoms with Gasteiger partial charge in [-0.2, -0.15) is 0 Å². The summed E-state index contributed by atoms with van der Waals surface area (Å²) in [6.45, 7) is 3.67. The van der Waals surface area contributed by atoms with Gasteiger partial charge in [0.2, 0.25) is 0 Å². The molecule has 3 fully saturated rings. The van der Waals surface area contributed by atoms with Gasteiger partial charge in [-0.15, -0.1) is 0 Å². The third kappa shape index (κ3) is 4.39. The first-order chi connectivity index (χ1) is 18.3. The fraction of sp³-hybridized carbons (Fsp3) is 0.419. The van der Waals surface area contributed by atoms with Gasteiger partial charge in [0.05, 0.1) is 11.6 Å². The van der Waals surface area contributed by atoms with Gasteiger partial charge in [0.1, 0.15) is 5.69 Å². The van der Waals surface area contributed by atoms with E-state index in [1.165, 1.54) is 24.3 Å². The molecular weight excluding hydrogens is 498 g/mol. The van der Waals surface area contributed by atoms with Crippen molar-refractivity contribution in [2.45, 2.75) is 44.2 Å². The molecule has 0 radical (unpaired) electrons. The maximum atomic E-state index is 15.9. The Morgan fingerprint density at radius 3 is 1.95 bits per heavy atom. The second kappa shape index (κ2) is 9.67. The highest BCUT2D eigenvalue weighted by Gasteiger charge is 2.45.